The van der Waals surface area contributed by atoms with Gasteiger partial charge in [0.15, 0.2) is 5.13 Å². The fourth-order valence-electron chi connectivity index (χ4n) is 1.89. The molecule has 3 aromatic rings. The second-order valence-electron chi connectivity index (χ2n) is 4.41. The van der Waals surface area contributed by atoms with Crippen LogP contribution < -0.4 is 5.32 Å². The van der Waals surface area contributed by atoms with Crippen molar-refractivity contribution in [2.75, 3.05) is 5.32 Å². The number of anilines is 2. The normalized spacial score (nSPS) is 12.5. The largest absolute Gasteiger partial charge is 0.389 e. The fraction of sp³-hybridized carbons (Fsp3) is 0.133. The highest BCUT2D eigenvalue weighted by molar-refractivity contribution is 7.22. The van der Waals surface area contributed by atoms with E-state index >= 15 is 0 Å². The van der Waals surface area contributed by atoms with Crippen molar-refractivity contribution in [2.24, 2.45) is 0 Å². The van der Waals surface area contributed by atoms with Crippen LogP contribution in [0.3, 0.4) is 0 Å². The third kappa shape index (κ3) is 2.59. The Labute approximate surface area is 115 Å². The second kappa shape index (κ2) is 4.99. The molecule has 0 unspecified atom stereocenters. The lowest BCUT2D eigenvalue weighted by molar-refractivity contribution is 0.199. The van der Waals surface area contributed by atoms with E-state index in [0.29, 0.717) is 0 Å². The zero-order valence-corrected chi connectivity index (χ0v) is 11.3. The van der Waals surface area contributed by atoms with E-state index in [1.165, 1.54) is 4.70 Å². The van der Waals surface area contributed by atoms with Gasteiger partial charge in [-0.25, -0.2) is 4.98 Å². The van der Waals surface area contributed by atoms with Gasteiger partial charge in [-0.2, -0.15) is 0 Å². The molecule has 0 fully saturated rings. The molecular formula is C15H14N2OS. The minimum absolute atomic E-state index is 0.434. The molecule has 0 aliphatic rings. The van der Waals surface area contributed by atoms with Gasteiger partial charge in [0.2, 0.25) is 0 Å². The summed E-state index contributed by atoms with van der Waals surface area (Å²) in [5.41, 5.74) is 2.90. The Morgan fingerprint density at radius 1 is 1.11 bits per heavy atom. The maximum absolute atomic E-state index is 9.47. The van der Waals surface area contributed by atoms with Crippen molar-refractivity contribution < 1.29 is 5.11 Å². The van der Waals surface area contributed by atoms with Crippen LogP contribution in [0.15, 0.2) is 48.5 Å². The highest BCUT2D eigenvalue weighted by Crippen LogP contribution is 2.28. The summed E-state index contributed by atoms with van der Waals surface area (Å²) < 4.78 is 1.17. The quantitative estimate of drug-likeness (QED) is 0.753. The predicted molar refractivity (Wildman–Crippen MR) is 80.0 cm³/mol. The Balaban J connectivity index is 1.84. The molecule has 0 aliphatic heterocycles. The fourth-order valence-corrected chi connectivity index (χ4v) is 2.78. The van der Waals surface area contributed by atoms with Crippen molar-refractivity contribution in [3.8, 4) is 0 Å². The van der Waals surface area contributed by atoms with Gasteiger partial charge in [0.1, 0.15) is 0 Å². The van der Waals surface area contributed by atoms with Gasteiger partial charge in [-0.05, 0) is 36.8 Å². The van der Waals surface area contributed by atoms with Crippen molar-refractivity contribution >= 4 is 32.4 Å². The van der Waals surface area contributed by atoms with E-state index in [2.05, 4.69) is 16.4 Å². The Morgan fingerprint density at radius 3 is 2.53 bits per heavy atom. The lowest BCUT2D eigenvalue weighted by Gasteiger charge is -2.06. The number of hydrogen-bond donors (Lipinski definition) is 2. The second-order valence-corrected chi connectivity index (χ2v) is 5.44. The molecule has 0 aliphatic carbocycles. The van der Waals surface area contributed by atoms with E-state index in [4.69, 9.17) is 0 Å². The summed E-state index contributed by atoms with van der Waals surface area (Å²) in [5.74, 6) is 0. The molecule has 2 N–H and O–H groups in total. The maximum Gasteiger partial charge on any atom is 0.188 e. The molecule has 2 aromatic carbocycles. The van der Waals surface area contributed by atoms with Crippen LogP contribution in [-0.2, 0) is 0 Å². The van der Waals surface area contributed by atoms with Crippen LogP contribution in [0, 0.1) is 0 Å². The molecule has 19 heavy (non-hydrogen) atoms. The zero-order valence-electron chi connectivity index (χ0n) is 10.5. The summed E-state index contributed by atoms with van der Waals surface area (Å²) in [6.07, 6.45) is -0.434. The van der Waals surface area contributed by atoms with Crippen LogP contribution in [0.25, 0.3) is 10.2 Å². The van der Waals surface area contributed by atoms with E-state index in [-0.39, 0.29) is 0 Å². The van der Waals surface area contributed by atoms with Gasteiger partial charge in [0.05, 0.1) is 16.3 Å². The molecular weight excluding hydrogens is 256 g/mol. The third-order valence-electron chi connectivity index (χ3n) is 2.94. The first-order valence-corrected chi connectivity index (χ1v) is 6.94. The number of hydrogen-bond acceptors (Lipinski definition) is 4. The molecule has 1 heterocycles. The van der Waals surface area contributed by atoms with E-state index in [9.17, 15) is 5.11 Å². The van der Waals surface area contributed by atoms with Crippen molar-refractivity contribution in [3.63, 3.8) is 0 Å². The Kier molecular flexibility index (Phi) is 3.19. The van der Waals surface area contributed by atoms with Crippen molar-refractivity contribution in [1.29, 1.82) is 0 Å². The van der Waals surface area contributed by atoms with E-state index in [0.717, 1.165) is 21.9 Å². The lowest BCUT2D eigenvalue weighted by Crippen LogP contribution is -1.92. The summed E-state index contributed by atoms with van der Waals surface area (Å²) in [7, 11) is 0. The summed E-state index contributed by atoms with van der Waals surface area (Å²) in [6.45, 7) is 1.76. The number of nitrogens with zero attached hydrogens (tertiary/aromatic N) is 1. The van der Waals surface area contributed by atoms with Crippen LogP contribution in [0.4, 0.5) is 10.8 Å². The first-order chi connectivity index (χ1) is 9.22. The van der Waals surface area contributed by atoms with Crippen LogP contribution in [0.2, 0.25) is 0 Å². The molecule has 96 valence electrons. The van der Waals surface area contributed by atoms with E-state index < -0.39 is 6.10 Å². The number of aliphatic hydroxyl groups is 1. The molecule has 0 spiro atoms. The molecule has 0 saturated carbocycles. The van der Waals surface area contributed by atoms with Crippen LogP contribution in [0.1, 0.15) is 18.6 Å². The monoisotopic (exact) mass is 270 g/mol. The highest BCUT2D eigenvalue weighted by atomic mass is 32.1. The first kappa shape index (κ1) is 12.1. The molecule has 4 heteroatoms. The van der Waals surface area contributed by atoms with Gasteiger partial charge >= 0.3 is 0 Å². The number of aromatic nitrogens is 1. The maximum atomic E-state index is 9.47. The molecule has 0 radical (unpaired) electrons. The third-order valence-corrected chi connectivity index (χ3v) is 3.89. The number of fused-ring (bicyclic) bond motifs is 1. The van der Waals surface area contributed by atoms with Gasteiger partial charge < -0.3 is 10.4 Å². The SMILES string of the molecule is C[C@H](O)c1ccc(Nc2nc3ccccc3s2)cc1. The Bertz CT molecular complexity index is 656. The Morgan fingerprint density at radius 2 is 1.84 bits per heavy atom. The smallest absolute Gasteiger partial charge is 0.188 e. The molecule has 0 bridgehead atoms. The van der Waals surface area contributed by atoms with E-state index in [1.54, 1.807) is 18.3 Å². The number of rotatable bonds is 3. The van der Waals surface area contributed by atoms with Gasteiger partial charge in [0, 0.05) is 5.69 Å². The summed E-state index contributed by atoms with van der Waals surface area (Å²) in [4.78, 5) is 4.52. The van der Waals surface area contributed by atoms with Crippen molar-refractivity contribution in [2.45, 2.75) is 13.0 Å². The summed E-state index contributed by atoms with van der Waals surface area (Å²) in [5, 5.41) is 13.6. The number of para-hydroxylation sites is 1. The standard InChI is InChI=1S/C15H14N2OS/c1-10(18)11-6-8-12(9-7-11)16-15-17-13-4-2-3-5-14(13)19-15/h2-10,18H,1H3,(H,16,17)/t10-/m0/s1. The average molecular weight is 270 g/mol. The predicted octanol–water partition coefficient (Wildman–Crippen LogP) is 4.09. The highest BCUT2D eigenvalue weighted by Gasteiger charge is 2.04. The molecule has 3 nitrogen and oxygen atoms in total. The molecule has 3 rings (SSSR count). The van der Waals surface area contributed by atoms with Crippen molar-refractivity contribution in [3.05, 3.63) is 54.1 Å². The topological polar surface area (TPSA) is 45.1 Å². The Hall–Kier alpha value is -1.91. The van der Waals surface area contributed by atoms with Crippen LogP contribution >= 0.6 is 11.3 Å². The average Bonchev–Trinajstić information content (AvgIpc) is 2.81. The molecule has 0 saturated heterocycles. The number of nitrogens with one attached hydrogen (secondary N) is 1. The summed E-state index contributed by atoms with van der Waals surface area (Å²) in [6, 6.07) is 15.8. The van der Waals surface area contributed by atoms with Crippen LogP contribution in [0.5, 0.6) is 0 Å². The molecule has 0 amide bonds. The minimum atomic E-state index is -0.434. The van der Waals surface area contributed by atoms with Crippen molar-refractivity contribution in [1.82, 2.24) is 4.98 Å². The molecule has 1 aromatic heterocycles. The number of benzene rings is 2. The zero-order chi connectivity index (χ0) is 13.2. The number of thiazole rings is 1. The lowest BCUT2D eigenvalue weighted by atomic mass is 10.1. The number of aliphatic hydroxyl groups excluding tert-OH is 1. The van der Waals surface area contributed by atoms with Crippen LogP contribution in [-0.4, -0.2) is 10.1 Å². The van der Waals surface area contributed by atoms with Gasteiger partial charge in [-0.3, -0.25) is 0 Å². The first-order valence-electron chi connectivity index (χ1n) is 6.13. The van der Waals surface area contributed by atoms with Gasteiger partial charge in [0.25, 0.3) is 0 Å². The minimum Gasteiger partial charge on any atom is -0.389 e. The molecule has 1 atom stereocenters. The van der Waals surface area contributed by atoms with E-state index in [1.807, 2.05) is 42.5 Å². The summed E-state index contributed by atoms with van der Waals surface area (Å²) >= 11 is 1.63. The van der Waals surface area contributed by atoms with Gasteiger partial charge in [-0.15, -0.1) is 0 Å². The van der Waals surface area contributed by atoms with Gasteiger partial charge in [-0.1, -0.05) is 35.6 Å².